The molecule has 3 N–H and O–H groups in total. The van der Waals surface area contributed by atoms with Crippen molar-refractivity contribution in [3.8, 4) is 0 Å². The minimum Gasteiger partial charge on any atom is -0.444 e. The third-order valence-corrected chi connectivity index (χ3v) is 2.45. The highest BCUT2D eigenvalue weighted by molar-refractivity contribution is 5.67. The third-order valence-electron chi connectivity index (χ3n) is 2.45. The largest absolute Gasteiger partial charge is 0.444 e. The van der Waals surface area contributed by atoms with E-state index in [1.54, 1.807) is 0 Å². The summed E-state index contributed by atoms with van der Waals surface area (Å²) in [7, 11) is 0. The number of carbonyl (C=O) groups is 1. The Morgan fingerprint density at radius 1 is 1.39 bits per heavy atom. The average molecular weight is 250 g/mol. The SMILES string of the molecule is Cc1ccccc1[C@H](N)CNC(=O)OC(C)(C)C. The standard InChI is InChI=1S/C14H22N2O2/c1-10-7-5-6-8-11(10)12(15)9-16-13(17)18-14(2,3)4/h5-8,12H,9,15H2,1-4H3,(H,16,17)/t12-/m1/s1. The minimum atomic E-state index is -0.489. The van der Waals surface area contributed by atoms with Gasteiger partial charge in [0, 0.05) is 12.6 Å². The molecule has 0 radical (unpaired) electrons. The zero-order chi connectivity index (χ0) is 13.8. The van der Waals surface area contributed by atoms with Crippen LogP contribution in [0.15, 0.2) is 24.3 Å². The van der Waals surface area contributed by atoms with Crippen LogP contribution < -0.4 is 11.1 Å². The lowest BCUT2D eigenvalue weighted by molar-refractivity contribution is 0.0524. The van der Waals surface area contributed by atoms with E-state index in [0.717, 1.165) is 11.1 Å². The van der Waals surface area contributed by atoms with Gasteiger partial charge in [-0.15, -0.1) is 0 Å². The highest BCUT2D eigenvalue weighted by Gasteiger charge is 2.17. The van der Waals surface area contributed by atoms with Gasteiger partial charge in [-0.3, -0.25) is 0 Å². The molecule has 0 fully saturated rings. The normalized spacial score (nSPS) is 12.9. The van der Waals surface area contributed by atoms with Gasteiger partial charge in [0.15, 0.2) is 0 Å². The molecule has 0 bridgehead atoms. The number of hydrogen-bond donors (Lipinski definition) is 2. The molecule has 0 aliphatic rings. The quantitative estimate of drug-likeness (QED) is 0.866. The second-order valence-electron chi connectivity index (χ2n) is 5.35. The molecule has 18 heavy (non-hydrogen) atoms. The van der Waals surface area contributed by atoms with Crippen molar-refractivity contribution >= 4 is 6.09 Å². The molecule has 0 spiro atoms. The summed E-state index contributed by atoms with van der Waals surface area (Å²) >= 11 is 0. The van der Waals surface area contributed by atoms with Crippen molar-refractivity contribution in [1.29, 1.82) is 0 Å². The number of amides is 1. The number of carbonyl (C=O) groups excluding carboxylic acids is 1. The van der Waals surface area contributed by atoms with E-state index in [9.17, 15) is 4.79 Å². The molecule has 0 aliphatic heterocycles. The molecule has 4 heteroatoms. The summed E-state index contributed by atoms with van der Waals surface area (Å²) in [6.07, 6.45) is -0.438. The number of benzene rings is 1. The van der Waals surface area contributed by atoms with Gasteiger partial charge in [-0.05, 0) is 38.8 Å². The number of ether oxygens (including phenoxy) is 1. The summed E-state index contributed by atoms with van der Waals surface area (Å²) in [6, 6.07) is 7.65. The van der Waals surface area contributed by atoms with Gasteiger partial charge in [0.1, 0.15) is 5.60 Å². The summed E-state index contributed by atoms with van der Waals surface area (Å²) in [4.78, 5) is 11.5. The van der Waals surface area contributed by atoms with Crippen LogP contribution >= 0.6 is 0 Å². The number of nitrogens with one attached hydrogen (secondary N) is 1. The second-order valence-corrected chi connectivity index (χ2v) is 5.35. The number of hydrogen-bond acceptors (Lipinski definition) is 3. The van der Waals surface area contributed by atoms with E-state index < -0.39 is 11.7 Å². The average Bonchev–Trinajstić information content (AvgIpc) is 2.24. The van der Waals surface area contributed by atoms with Gasteiger partial charge in [0.25, 0.3) is 0 Å². The first-order valence-corrected chi connectivity index (χ1v) is 6.07. The molecule has 0 heterocycles. The van der Waals surface area contributed by atoms with Crippen molar-refractivity contribution in [2.75, 3.05) is 6.54 Å². The smallest absolute Gasteiger partial charge is 0.407 e. The molecule has 1 atom stereocenters. The van der Waals surface area contributed by atoms with E-state index in [1.807, 2.05) is 52.0 Å². The predicted octanol–water partition coefficient (Wildman–Crippen LogP) is 2.52. The maximum absolute atomic E-state index is 11.5. The Labute approximate surface area is 109 Å². The fourth-order valence-corrected chi connectivity index (χ4v) is 1.62. The molecule has 1 rings (SSSR count). The molecule has 0 saturated heterocycles. The van der Waals surface area contributed by atoms with Gasteiger partial charge in [-0.1, -0.05) is 24.3 Å². The zero-order valence-electron chi connectivity index (χ0n) is 11.5. The molecule has 0 saturated carbocycles. The fourth-order valence-electron chi connectivity index (χ4n) is 1.62. The summed E-state index contributed by atoms with van der Waals surface area (Å²) in [5, 5.41) is 2.68. The summed E-state index contributed by atoms with van der Waals surface area (Å²) in [5.74, 6) is 0. The van der Waals surface area contributed by atoms with Gasteiger partial charge in [-0.25, -0.2) is 4.79 Å². The van der Waals surface area contributed by atoms with Crippen molar-refractivity contribution < 1.29 is 9.53 Å². The lowest BCUT2D eigenvalue weighted by Gasteiger charge is -2.21. The molecule has 4 nitrogen and oxygen atoms in total. The van der Waals surface area contributed by atoms with Crippen LogP contribution in [0.25, 0.3) is 0 Å². The highest BCUT2D eigenvalue weighted by atomic mass is 16.6. The van der Waals surface area contributed by atoms with Crippen LogP contribution in [0.3, 0.4) is 0 Å². The highest BCUT2D eigenvalue weighted by Crippen LogP contribution is 2.14. The number of alkyl carbamates (subject to hydrolysis) is 1. The second kappa shape index (κ2) is 5.87. The zero-order valence-corrected chi connectivity index (χ0v) is 11.5. The lowest BCUT2D eigenvalue weighted by atomic mass is 10.0. The maximum atomic E-state index is 11.5. The van der Waals surface area contributed by atoms with Crippen LogP contribution in [0.4, 0.5) is 4.79 Å². The topological polar surface area (TPSA) is 64.3 Å². The van der Waals surface area contributed by atoms with Gasteiger partial charge >= 0.3 is 6.09 Å². The van der Waals surface area contributed by atoms with E-state index in [-0.39, 0.29) is 6.04 Å². The number of rotatable bonds is 3. The Kier molecular flexibility index (Phi) is 4.73. The Hall–Kier alpha value is -1.55. The van der Waals surface area contributed by atoms with Gasteiger partial charge in [0.05, 0.1) is 0 Å². The minimum absolute atomic E-state index is 0.223. The van der Waals surface area contributed by atoms with Crippen molar-refractivity contribution in [2.24, 2.45) is 5.73 Å². The van der Waals surface area contributed by atoms with E-state index in [1.165, 1.54) is 0 Å². The van der Waals surface area contributed by atoms with Gasteiger partial charge in [-0.2, -0.15) is 0 Å². The molecule has 0 aromatic heterocycles. The van der Waals surface area contributed by atoms with Crippen molar-refractivity contribution in [3.63, 3.8) is 0 Å². The van der Waals surface area contributed by atoms with Gasteiger partial charge < -0.3 is 15.8 Å². The van der Waals surface area contributed by atoms with Crippen LogP contribution in [0.2, 0.25) is 0 Å². The monoisotopic (exact) mass is 250 g/mol. The first kappa shape index (κ1) is 14.5. The number of nitrogens with two attached hydrogens (primary N) is 1. The van der Waals surface area contributed by atoms with E-state index in [4.69, 9.17) is 10.5 Å². The van der Waals surface area contributed by atoms with E-state index in [0.29, 0.717) is 6.54 Å². The van der Waals surface area contributed by atoms with Crippen LogP contribution in [-0.4, -0.2) is 18.2 Å². The molecule has 100 valence electrons. The van der Waals surface area contributed by atoms with Crippen LogP contribution in [0.5, 0.6) is 0 Å². The lowest BCUT2D eigenvalue weighted by Crippen LogP contribution is -2.36. The molecule has 0 aliphatic carbocycles. The first-order chi connectivity index (χ1) is 8.29. The Morgan fingerprint density at radius 2 is 2.00 bits per heavy atom. The van der Waals surface area contributed by atoms with Crippen molar-refractivity contribution in [2.45, 2.75) is 39.3 Å². The fraction of sp³-hybridized carbons (Fsp3) is 0.500. The van der Waals surface area contributed by atoms with Gasteiger partial charge in [0.2, 0.25) is 0 Å². The Morgan fingerprint density at radius 3 is 2.56 bits per heavy atom. The van der Waals surface area contributed by atoms with Crippen LogP contribution in [-0.2, 0) is 4.74 Å². The van der Waals surface area contributed by atoms with E-state index >= 15 is 0 Å². The summed E-state index contributed by atoms with van der Waals surface area (Å²) < 4.78 is 5.15. The molecular formula is C14H22N2O2. The van der Waals surface area contributed by atoms with Crippen molar-refractivity contribution in [3.05, 3.63) is 35.4 Å². The maximum Gasteiger partial charge on any atom is 0.407 e. The molecule has 1 amide bonds. The Bertz CT molecular complexity index is 411. The predicted molar refractivity (Wildman–Crippen MR) is 72.3 cm³/mol. The summed E-state index contributed by atoms with van der Waals surface area (Å²) in [5.41, 5.74) is 7.71. The molecular weight excluding hydrogens is 228 g/mol. The van der Waals surface area contributed by atoms with Crippen LogP contribution in [0.1, 0.15) is 37.9 Å². The summed E-state index contributed by atoms with van der Waals surface area (Å²) in [6.45, 7) is 7.85. The molecule has 1 aromatic rings. The van der Waals surface area contributed by atoms with Crippen LogP contribution in [0, 0.1) is 6.92 Å². The number of aryl methyl sites for hydroxylation is 1. The van der Waals surface area contributed by atoms with Crippen molar-refractivity contribution in [1.82, 2.24) is 5.32 Å². The molecule has 1 aromatic carbocycles. The third kappa shape index (κ3) is 4.75. The van der Waals surface area contributed by atoms with E-state index in [2.05, 4.69) is 5.32 Å². The Balaban J connectivity index is 2.49. The molecule has 0 unspecified atom stereocenters. The first-order valence-electron chi connectivity index (χ1n) is 6.07.